The molecule has 2 aliphatic rings. The first-order valence-electron chi connectivity index (χ1n) is 9.91. The lowest BCUT2D eigenvalue weighted by Crippen LogP contribution is -2.43. The highest BCUT2D eigenvalue weighted by atomic mass is 32.1. The fraction of sp³-hybridized carbons (Fsp3) is 0.409. The molecule has 0 unspecified atom stereocenters. The number of nitrogens with one attached hydrogen (secondary N) is 2. The summed E-state index contributed by atoms with van der Waals surface area (Å²) in [5.74, 6) is 0.900. The van der Waals surface area contributed by atoms with Gasteiger partial charge in [0.1, 0.15) is 0 Å². The van der Waals surface area contributed by atoms with E-state index in [-0.39, 0.29) is 5.91 Å². The van der Waals surface area contributed by atoms with Gasteiger partial charge < -0.3 is 10.3 Å². The van der Waals surface area contributed by atoms with Crippen molar-refractivity contribution >= 4 is 28.1 Å². The summed E-state index contributed by atoms with van der Waals surface area (Å²) in [7, 11) is 0. The highest BCUT2D eigenvalue weighted by Gasteiger charge is 2.40. The average molecular weight is 380 g/mol. The molecule has 1 aromatic carbocycles. The van der Waals surface area contributed by atoms with Crippen molar-refractivity contribution in [3.05, 3.63) is 57.9 Å². The van der Waals surface area contributed by atoms with E-state index < -0.39 is 0 Å². The van der Waals surface area contributed by atoms with Crippen LogP contribution in [0.25, 0.3) is 10.9 Å². The number of aromatic amines is 1. The molecule has 3 aromatic rings. The summed E-state index contributed by atoms with van der Waals surface area (Å²) in [4.78, 5) is 19.8. The van der Waals surface area contributed by atoms with Crippen LogP contribution in [-0.4, -0.2) is 35.4 Å². The van der Waals surface area contributed by atoms with Crippen LogP contribution >= 0.6 is 11.3 Å². The van der Waals surface area contributed by atoms with E-state index in [1.807, 2.05) is 17.4 Å². The molecule has 1 aliphatic carbocycles. The summed E-state index contributed by atoms with van der Waals surface area (Å²) in [6.07, 6.45) is 6.61. The van der Waals surface area contributed by atoms with Crippen LogP contribution in [0.1, 0.15) is 34.9 Å². The van der Waals surface area contributed by atoms with E-state index in [0.717, 1.165) is 30.8 Å². The summed E-state index contributed by atoms with van der Waals surface area (Å²) in [5, 5.41) is 6.60. The molecule has 27 heavy (non-hydrogen) atoms. The Morgan fingerprint density at radius 2 is 2.15 bits per heavy atom. The smallest absolute Gasteiger partial charge is 0.234 e. The van der Waals surface area contributed by atoms with Crippen LogP contribution in [0.15, 0.2) is 41.9 Å². The number of H-pyrrole nitrogens is 1. The van der Waals surface area contributed by atoms with Crippen molar-refractivity contribution in [2.75, 3.05) is 19.6 Å². The number of fused-ring (bicyclic) bond motifs is 2. The van der Waals surface area contributed by atoms with E-state index in [4.69, 9.17) is 0 Å². The topological polar surface area (TPSA) is 48.1 Å². The normalized spacial score (nSPS) is 19.9. The Bertz CT molecular complexity index is 955. The number of rotatable bonds is 6. The SMILES string of the molecule is O=C(CN1CCc2sccc2[C@H]1C1CC1)NCCc1c[nH]c2ccccc12. The highest BCUT2D eigenvalue weighted by molar-refractivity contribution is 7.10. The van der Waals surface area contributed by atoms with Gasteiger partial charge in [0.05, 0.1) is 6.54 Å². The van der Waals surface area contributed by atoms with Gasteiger partial charge in [-0.05, 0) is 60.2 Å². The summed E-state index contributed by atoms with van der Waals surface area (Å²) >= 11 is 1.88. The van der Waals surface area contributed by atoms with Crippen LogP contribution in [0.4, 0.5) is 0 Å². The molecule has 3 heterocycles. The van der Waals surface area contributed by atoms with Gasteiger partial charge in [0.2, 0.25) is 5.91 Å². The average Bonchev–Trinajstić information content (AvgIpc) is 3.25. The lowest BCUT2D eigenvalue weighted by atomic mass is 9.96. The highest BCUT2D eigenvalue weighted by Crippen LogP contribution is 2.48. The Labute approximate surface area is 163 Å². The molecule has 0 spiro atoms. The minimum absolute atomic E-state index is 0.152. The Balaban J connectivity index is 1.18. The van der Waals surface area contributed by atoms with Gasteiger partial charge in [-0.2, -0.15) is 0 Å². The second-order valence-corrected chi connectivity index (χ2v) is 8.76. The molecule has 0 radical (unpaired) electrons. The van der Waals surface area contributed by atoms with Gasteiger partial charge in [-0.1, -0.05) is 18.2 Å². The Morgan fingerprint density at radius 3 is 3.04 bits per heavy atom. The second kappa shape index (κ2) is 7.13. The molecule has 4 nitrogen and oxygen atoms in total. The maximum absolute atomic E-state index is 12.6. The zero-order valence-electron chi connectivity index (χ0n) is 15.4. The third-order valence-electron chi connectivity index (χ3n) is 5.92. The van der Waals surface area contributed by atoms with Crippen LogP contribution in [0.3, 0.4) is 0 Å². The number of carbonyl (C=O) groups excluding carboxylic acids is 1. The minimum atomic E-state index is 0.152. The molecule has 1 amide bonds. The van der Waals surface area contributed by atoms with E-state index in [2.05, 4.69) is 51.0 Å². The maximum atomic E-state index is 12.6. The molecular weight excluding hydrogens is 354 g/mol. The van der Waals surface area contributed by atoms with E-state index in [1.54, 1.807) is 0 Å². The standard InChI is InChI=1S/C22H25N3OS/c26-21(23-10-7-16-13-24-19-4-2-1-3-17(16)19)14-25-11-8-20-18(9-12-27-20)22(25)15-5-6-15/h1-4,9,12-13,15,22,24H,5-8,10-11,14H2,(H,23,26)/t22-/m1/s1. The van der Waals surface area contributed by atoms with Gasteiger partial charge in [-0.3, -0.25) is 9.69 Å². The molecule has 0 bridgehead atoms. The molecule has 5 rings (SSSR count). The summed E-state index contributed by atoms with van der Waals surface area (Å²) in [5.41, 5.74) is 3.91. The summed E-state index contributed by atoms with van der Waals surface area (Å²) in [6, 6.07) is 11.1. The van der Waals surface area contributed by atoms with Crippen molar-refractivity contribution in [3.8, 4) is 0 Å². The maximum Gasteiger partial charge on any atom is 0.234 e. The van der Waals surface area contributed by atoms with E-state index in [1.165, 1.54) is 34.2 Å². The van der Waals surface area contributed by atoms with Crippen LogP contribution in [0.5, 0.6) is 0 Å². The first-order valence-corrected chi connectivity index (χ1v) is 10.8. The van der Waals surface area contributed by atoms with Crippen molar-refractivity contribution in [1.82, 2.24) is 15.2 Å². The first kappa shape index (κ1) is 17.0. The number of hydrogen-bond acceptors (Lipinski definition) is 3. The summed E-state index contributed by atoms with van der Waals surface area (Å²) in [6.45, 7) is 2.21. The van der Waals surface area contributed by atoms with Gasteiger partial charge in [-0.25, -0.2) is 0 Å². The molecule has 1 atom stereocenters. The third kappa shape index (κ3) is 3.42. The minimum Gasteiger partial charge on any atom is -0.361 e. The predicted octanol–water partition coefficient (Wildman–Crippen LogP) is 3.90. The van der Waals surface area contributed by atoms with Gasteiger partial charge in [-0.15, -0.1) is 11.3 Å². The monoisotopic (exact) mass is 379 g/mol. The second-order valence-electron chi connectivity index (χ2n) is 7.76. The third-order valence-corrected chi connectivity index (χ3v) is 6.92. The number of benzene rings is 1. The van der Waals surface area contributed by atoms with Crippen molar-refractivity contribution < 1.29 is 4.79 Å². The molecule has 140 valence electrons. The number of nitrogens with zero attached hydrogens (tertiary/aromatic N) is 1. The Morgan fingerprint density at radius 1 is 1.26 bits per heavy atom. The van der Waals surface area contributed by atoms with Crippen molar-refractivity contribution in [1.29, 1.82) is 0 Å². The molecule has 2 aromatic heterocycles. The number of thiophene rings is 1. The van der Waals surface area contributed by atoms with Crippen LogP contribution < -0.4 is 5.32 Å². The van der Waals surface area contributed by atoms with E-state index >= 15 is 0 Å². The van der Waals surface area contributed by atoms with Crippen molar-refractivity contribution in [2.45, 2.75) is 31.7 Å². The Hall–Kier alpha value is -2.11. The molecule has 1 saturated carbocycles. The predicted molar refractivity (Wildman–Crippen MR) is 110 cm³/mol. The largest absolute Gasteiger partial charge is 0.361 e. The molecule has 1 aliphatic heterocycles. The number of para-hydroxylation sites is 1. The Kier molecular flexibility index (Phi) is 4.50. The van der Waals surface area contributed by atoms with E-state index in [0.29, 0.717) is 19.1 Å². The van der Waals surface area contributed by atoms with Gasteiger partial charge in [0, 0.05) is 41.1 Å². The number of carbonyl (C=O) groups is 1. The number of aromatic nitrogens is 1. The fourth-order valence-electron chi connectivity index (χ4n) is 4.46. The lowest BCUT2D eigenvalue weighted by molar-refractivity contribution is -0.123. The van der Waals surface area contributed by atoms with Gasteiger partial charge >= 0.3 is 0 Å². The molecule has 5 heteroatoms. The van der Waals surface area contributed by atoms with Crippen LogP contribution in [-0.2, 0) is 17.6 Å². The lowest BCUT2D eigenvalue weighted by Gasteiger charge is -2.35. The fourth-order valence-corrected chi connectivity index (χ4v) is 5.37. The zero-order valence-corrected chi connectivity index (χ0v) is 16.2. The molecular formula is C22H25N3OS. The number of hydrogen-bond donors (Lipinski definition) is 2. The van der Waals surface area contributed by atoms with Crippen molar-refractivity contribution in [3.63, 3.8) is 0 Å². The van der Waals surface area contributed by atoms with Gasteiger partial charge in [0.25, 0.3) is 0 Å². The molecule has 0 saturated heterocycles. The summed E-state index contributed by atoms with van der Waals surface area (Å²) < 4.78 is 0. The quantitative estimate of drug-likeness (QED) is 0.682. The molecule has 2 N–H and O–H groups in total. The number of amides is 1. The van der Waals surface area contributed by atoms with Crippen LogP contribution in [0.2, 0.25) is 0 Å². The van der Waals surface area contributed by atoms with Crippen LogP contribution in [0, 0.1) is 5.92 Å². The van der Waals surface area contributed by atoms with Crippen molar-refractivity contribution in [2.24, 2.45) is 5.92 Å². The zero-order chi connectivity index (χ0) is 18.2. The first-order chi connectivity index (χ1) is 13.3. The van der Waals surface area contributed by atoms with E-state index in [9.17, 15) is 4.79 Å². The van der Waals surface area contributed by atoms with Gasteiger partial charge in [0.15, 0.2) is 0 Å². The molecule has 1 fully saturated rings.